The van der Waals surface area contributed by atoms with Crippen molar-refractivity contribution >= 4 is 21.6 Å². The summed E-state index contributed by atoms with van der Waals surface area (Å²) in [5, 5.41) is 19.7. The van der Waals surface area contributed by atoms with E-state index in [1.165, 1.54) is 0 Å². The van der Waals surface area contributed by atoms with Gasteiger partial charge in [-0.05, 0) is 0 Å². The second-order valence-corrected chi connectivity index (χ2v) is 6.08. The van der Waals surface area contributed by atoms with Gasteiger partial charge < -0.3 is 15.9 Å². The number of aliphatic hydroxyl groups is 2. The molecule has 0 aliphatic rings. The lowest BCUT2D eigenvalue weighted by Crippen LogP contribution is -2.13. The van der Waals surface area contributed by atoms with Gasteiger partial charge in [0.25, 0.3) is 10.1 Å². The molecule has 0 spiro atoms. The second-order valence-electron chi connectivity index (χ2n) is 4.50. The summed E-state index contributed by atoms with van der Waals surface area (Å²) in [5.41, 5.74) is 5.98. The molecule has 124 valence electrons. The van der Waals surface area contributed by atoms with Gasteiger partial charge in [-0.2, -0.15) is 8.42 Å². The fourth-order valence-corrected chi connectivity index (χ4v) is 1.91. The summed E-state index contributed by atoms with van der Waals surface area (Å²) in [7, 11) is -3.80. The predicted molar refractivity (Wildman–Crippen MR) is 90.4 cm³/mol. The highest BCUT2D eigenvalue weighted by molar-refractivity contribution is 7.85. The molecule has 0 bridgehead atoms. The van der Waals surface area contributed by atoms with E-state index in [1.807, 2.05) is 36.4 Å². The highest BCUT2D eigenvalue weighted by Gasteiger charge is 2.07. The van der Waals surface area contributed by atoms with Crippen LogP contribution in [0.1, 0.15) is 11.1 Å². The molecule has 5 N–H and O–H groups in total. The molecule has 0 unspecified atom stereocenters. The minimum atomic E-state index is -3.80. The molecule has 0 aliphatic heterocycles. The molecule has 0 aliphatic carbocycles. The Hall–Kier alpha value is -2.35. The molecule has 0 atom stereocenters. The second kappa shape index (κ2) is 8.94. The Morgan fingerprint density at radius 3 is 1.39 bits per heavy atom. The molecule has 0 saturated carbocycles. The lowest BCUT2D eigenvalue weighted by molar-refractivity contribution is 0.459. The van der Waals surface area contributed by atoms with Crippen LogP contribution in [0.3, 0.4) is 0 Å². The molecular weight excluding hydrogens is 318 g/mol. The van der Waals surface area contributed by atoms with Crippen LogP contribution in [0.25, 0.3) is 11.5 Å². The lowest BCUT2D eigenvalue weighted by atomic mass is 10.1. The van der Waals surface area contributed by atoms with Crippen LogP contribution in [-0.2, 0) is 10.1 Å². The zero-order valence-electron chi connectivity index (χ0n) is 12.3. The van der Waals surface area contributed by atoms with Crippen molar-refractivity contribution in [2.75, 3.05) is 12.3 Å². The van der Waals surface area contributed by atoms with Crippen LogP contribution in [0.2, 0.25) is 0 Å². The number of nitrogens with two attached hydrogens (primary N) is 1. The third-order valence-corrected chi connectivity index (χ3v) is 3.45. The third-order valence-electron chi connectivity index (χ3n) is 2.69. The minimum absolute atomic E-state index is 0.0289. The van der Waals surface area contributed by atoms with Gasteiger partial charge >= 0.3 is 0 Å². The summed E-state index contributed by atoms with van der Waals surface area (Å²) >= 11 is 0. The Balaban J connectivity index is 0.000000322. The van der Waals surface area contributed by atoms with Crippen molar-refractivity contribution in [1.29, 1.82) is 0 Å². The van der Waals surface area contributed by atoms with Crippen LogP contribution in [0.4, 0.5) is 0 Å². The topological polar surface area (TPSA) is 121 Å². The first kappa shape index (κ1) is 18.7. The molecule has 2 aromatic carbocycles. The Morgan fingerprint density at radius 2 is 1.17 bits per heavy atom. The maximum Gasteiger partial charge on any atom is 0.266 e. The summed E-state index contributed by atoms with van der Waals surface area (Å²) in [4.78, 5) is 0. The molecule has 2 rings (SSSR count). The van der Waals surface area contributed by atoms with E-state index in [0.717, 1.165) is 0 Å². The third kappa shape index (κ3) is 6.96. The molecule has 23 heavy (non-hydrogen) atoms. The SMILES string of the molecule is NCCS(=O)(=O)O.OC(=C(O)c1ccccc1)c1ccccc1. The van der Waals surface area contributed by atoms with E-state index < -0.39 is 10.1 Å². The molecule has 0 heterocycles. The summed E-state index contributed by atoms with van der Waals surface area (Å²) in [6.45, 7) is -0.0289. The molecule has 0 aromatic heterocycles. The van der Waals surface area contributed by atoms with Crippen LogP contribution in [0.15, 0.2) is 60.7 Å². The van der Waals surface area contributed by atoms with Gasteiger partial charge in [-0.15, -0.1) is 0 Å². The Kier molecular flexibility index (Phi) is 7.27. The molecule has 0 amide bonds. The van der Waals surface area contributed by atoms with Crippen molar-refractivity contribution in [2.24, 2.45) is 5.73 Å². The van der Waals surface area contributed by atoms with Crippen LogP contribution in [-0.4, -0.2) is 35.5 Å². The van der Waals surface area contributed by atoms with Crippen LogP contribution >= 0.6 is 0 Å². The van der Waals surface area contributed by atoms with Crippen molar-refractivity contribution in [3.63, 3.8) is 0 Å². The first-order chi connectivity index (χ1) is 10.8. The Labute approximate surface area is 135 Å². The van der Waals surface area contributed by atoms with E-state index in [0.29, 0.717) is 11.1 Å². The zero-order chi connectivity index (χ0) is 17.3. The number of hydrogen-bond donors (Lipinski definition) is 4. The first-order valence-electron chi connectivity index (χ1n) is 6.73. The molecule has 0 fully saturated rings. The predicted octanol–water partition coefficient (Wildman–Crippen LogP) is 2.46. The highest BCUT2D eigenvalue weighted by Crippen LogP contribution is 2.21. The maximum atomic E-state index is 9.87. The first-order valence-corrected chi connectivity index (χ1v) is 8.34. The normalized spacial score (nSPS) is 11.9. The van der Waals surface area contributed by atoms with E-state index >= 15 is 0 Å². The molecule has 7 heteroatoms. The van der Waals surface area contributed by atoms with E-state index in [2.05, 4.69) is 0 Å². The number of benzene rings is 2. The standard InChI is InChI=1S/C14H12O2.C2H7NO3S/c15-13(11-7-3-1-4-8-11)14(16)12-9-5-2-6-10-12;3-1-2-7(4,5)6/h1-10,15-16H;1-3H2,(H,4,5,6). The summed E-state index contributed by atoms with van der Waals surface area (Å²) in [5.74, 6) is -0.564. The number of hydrogen-bond acceptors (Lipinski definition) is 5. The van der Waals surface area contributed by atoms with Crippen molar-refractivity contribution in [1.82, 2.24) is 0 Å². The largest absolute Gasteiger partial charge is 0.504 e. The van der Waals surface area contributed by atoms with Gasteiger partial charge in [0.05, 0.1) is 5.75 Å². The summed E-state index contributed by atoms with van der Waals surface area (Å²) in [6.07, 6.45) is 0. The fraction of sp³-hybridized carbons (Fsp3) is 0.125. The van der Waals surface area contributed by atoms with Gasteiger partial charge in [-0.1, -0.05) is 60.7 Å². The highest BCUT2D eigenvalue weighted by atomic mass is 32.2. The van der Waals surface area contributed by atoms with Gasteiger partial charge in [0, 0.05) is 17.7 Å². The van der Waals surface area contributed by atoms with Crippen molar-refractivity contribution in [2.45, 2.75) is 0 Å². The zero-order valence-corrected chi connectivity index (χ0v) is 13.1. The van der Waals surface area contributed by atoms with Gasteiger partial charge in [-0.3, -0.25) is 4.55 Å². The molecule has 0 radical (unpaired) electrons. The fourth-order valence-electron chi connectivity index (χ4n) is 1.61. The van der Waals surface area contributed by atoms with Gasteiger partial charge in [0.2, 0.25) is 0 Å². The number of rotatable bonds is 4. The van der Waals surface area contributed by atoms with Crippen LogP contribution < -0.4 is 5.73 Å². The van der Waals surface area contributed by atoms with Gasteiger partial charge in [-0.25, -0.2) is 0 Å². The van der Waals surface area contributed by atoms with E-state index in [-0.39, 0.29) is 23.8 Å². The Morgan fingerprint density at radius 1 is 0.826 bits per heavy atom. The van der Waals surface area contributed by atoms with E-state index in [4.69, 9.17) is 10.3 Å². The maximum absolute atomic E-state index is 9.87. The molecule has 2 aromatic rings. The molecule has 6 nitrogen and oxygen atoms in total. The van der Waals surface area contributed by atoms with Crippen LogP contribution in [0, 0.1) is 0 Å². The monoisotopic (exact) mass is 337 g/mol. The van der Waals surface area contributed by atoms with Crippen molar-refractivity contribution in [3.8, 4) is 0 Å². The molecule has 0 saturated heterocycles. The lowest BCUT2D eigenvalue weighted by Gasteiger charge is -2.04. The minimum Gasteiger partial charge on any atom is -0.504 e. The molecular formula is C16H19NO5S. The average molecular weight is 337 g/mol. The van der Waals surface area contributed by atoms with E-state index in [9.17, 15) is 18.6 Å². The van der Waals surface area contributed by atoms with Gasteiger partial charge in [0.15, 0.2) is 11.5 Å². The van der Waals surface area contributed by atoms with Crippen molar-refractivity contribution in [3.05, 3.63) is 71.8 Å². The summed E-state index contributed by atoms with van der Waals surface area (Å²) in [6, 6.07) is 17.9. The summed E-state index contributed by atoms with van der Waals surface area (Å²) < 4.78 is 27.3. The Bertz CT molecular complexity index is 680. The quantitative estimate of drug-likeness (QED) is 0.386. The average Bonchev–Trinajstić information content (AvgIpc) is 2.54. The smallest absolute Gasteiger partial charge is 0.266 e. The number of aliphatic hydroxyl groups excluding tert-OH is 2. The van der Waals surface area contributed by atoms with Gasteiger partial charge in [0.1, 0.15) is 0 Å². The van der Waals surface area contributed by atoms with Crippen molar-refractivity contribution < 1.29 is 23.2 Å². The van der Waals surface area contributed by atoms with Crippen LogP contribution in [0.5, 0.6) is 0 Å². The van der Waals surface area contributed by atoms with E-state index in [1.54, 1.807) is 24.3 Å².